The molecular weight excluding hydrogens is 210 g/mol. The Balaban J connectivity index is 2.48. The zero-order valence-electron chi connectivity index (χ0n) is 8.63. The van der Waals surface area contributed by atoms with Crippen molar-refractivity contribution in [2.45, 2.75) is 6.92 Å². The first-order valence-electron chi connectivity index (χ1n) is 4.71. The molecule has 0 spiro atoms. The van der Waals surface area contributed by atoms with Crippen LogP contribution in [-0.4, -0.2) is 17.0 Å². The van der Waals surface area contributed by atoms with Gasteiger partial charge in [-0.1, -0.05) is 23.7 Å². The molecule has 3 nitrogen and oxygen atoms in total. The summed E-state index contributed by atoms with van der Waals surface area (Å²) in [5.41, 5.74) is 2.99. The molecule has 0 amide bonds. The summed E-state index contributed by atoms with van der Waals surface area (Å²) in [6.45, 7) is 1.99. The van der Waals surface area contributed by atoms with E-state index in [1.54, 1.807) is 0 Å². The van der Waals surface area contributed by atoms with Crippen LogP contribution in [0.2, 0.25) is 5.02 Å². The van der Waals surface area contributed by atoms with Gasteiger partial charge in [-0.25, -0.2) is 4.98 Å². The molecule has 4 heteroatoms. The van der Waals surface area contributed by atoms with E-state index in [2.05, 4.69) is 15.3 Å². The first kappa shape index (κ1) is 10.1. The summed E-state index contributed by atoms with van der Waals surface area (Å²) in [4.78, 5) is 7.56. The molecule has 0 aliphatic carbocycles. The van der Waals surface area contributed by atoms with E-state index in [0.717, 1.165) is 27.9 Å². The maximum Gasteiger partial charge on any atom is 0.200 e. The average Bonchev–Trinajstić information content (AvgIpc) is 2.60. The molecule has 0 saturated heterocycles. The van der Waals surface area contributed by atoms with Crippen LogP contribution in [0.5, 0.6) is 0 Å². The summed E-state index contributed by atoms with van der Waals surface area (Å²) >= 11 is 5.93. The second-order valence-corrected chi connectivity index (χ2v) is 3.76. The molecule has 0 fully saturated rings. The number of imidazole rings is 1. The van der Waals surface area contributed by atoms with E-state index in [1.807, 2.05) is 38.2 Å². The Labute approximate surface area is 93.5 Å². The summed E-state index contributed by atoms with van der Waals surface area (Å²) in [7, 11) is 1.83. The summed E-state index contributed by atoms with van der Waals surface area (Å²) < 4.78 is 0. The standard InChI is InChI=1S/C11H12ClN3/c1-7-10(15-11(13-2)14-7)8-4-3-5-9(12)6-8/h3-6H,1-2H3,(H2,13,14,15). The maximum absolute atomic E-state index is 5.93. The number of H-pyrrole nitrogens is 1. The number of anilines is 1. The van der Waals surface area contributed by atoms with Crippen molar-refractivity contribution in [1.82, 2.24) is 9.97 Å². The molecule has 0 unspecified atom stereocenters. The lowest BCUT2D eigenvalue weighted by atomic mass is 10.1. The lowest BCUT2D eigenvalue weighted by molar-refractivity contribution is 1.23. The molecule has 0 atom stereocenters. The van der Waals surface area contributed by atoms with E-state index in [9.17, 15) is 0 Å². The van der Waals surface area contributed by atoms with Gasteiger partial charge in [0.05, 0.1) is 5.69 Å². The van der Waals surface area contributed by atoms with Crippen molar-refractivity contribution in [2.24, 2.45) is 0 Å². The van der Waals surface area contributed by atoms with Crippen LogP contribution in [0, 0.1) is 6.92 Å². The van der Waals surface area contributed by atoms with Gasteiger partial charge in [0.15, 0.2) is 0 Å². The average molecular weight is 222 g/mol. The van der Waals surface area contributed by atoms with Crippen LogP contribution in [0.15, 0.2) is 24.3 Å². The van der Waals surface area contributed by atoms with Gasteiger partial charge in [0.25, 0.3) is 0 Å². The van der Waals surface area contributed by atoms with Crippen LogP contribution in [-0.2, 0) is 0 Å². The highest BCUT2D eigenvalue weighted by Crippen LogP contribution is 2.24. The highest BCUT2D eigenvalue weighted by Gasteiger charge is 2.07. The molecule has 2 rings (SSSR count). The summed E-state index contributed by atoms with van der Waals surface area (Å²) in [6.07, 6.45) is 0. The number of benzene rings is 1. The molecule has 1 aromatic carbocycles. The van der Waals surface area contributed by atoms with E-state index in [1.165, 1.54) is 0 Å². The Morgan fingerprint density at radius 2 is 2.20 bits per heavy atom. The Morgan fingerprint density at radius 3 is 2.80 bits per heavy atom. The number of nitrogens with one attached hydrogen (secondary N) is 2. The van der Waals surface area contributed by atoms with Gasteiger partial charge in [0, 0.05) is 23.3 Å². The van der Waals surface area contributed by atoms with E-state index in [0.29, 0.717) is 0 Å². The minimum absolute atomic E-state index is 0.723. The number of halogens is 1. The van der Waals surface area contributed by atoms with Crippen molar-refractivity contribution in [3.63, 3.8) is 0 Å². The van der Waals surface area contributed by atoms with Crippen molar-refractivity contribution in [2.75, 3.05) is 12.4 Å². The predicted molar refractivity (Wildman–Crippen MR) is 63.3 cm³/mol. The van der Waals surface area contributed by atoms with E-state index >= 15 is 0 Å². The monoisotopic (exact) mass is 221 g/mol. The highest BCUT2D eigenvalue weighted by atomic mass is 35.5. The Kier molecular flexibility index (Phi) is 2.64. The van der Waals surface area contributed by atoms with Crippen LogP contribution in [0.4, 0.5) is 5.95 Å². The molecule has 1 aromatic heterocycles. The van der Waals surface area contributed by atoms with Crippen molar-refractivity contribution in [1.29, 1.82) is 0 Å². The van der Waals surface area contributed by atoms with Crippen LogP contribution in [0.3, 0.4) is 0 Å². The fourth-order valence-electron chi connectivity index (χ4n) is 1.50. The number of aromatic nitrogens is 2. The van der Waals surface area contributed by atoms with Crippen LogP contribution in [0.1, 0.15) is 5.69 Å². The third kappa shape index (κ3) is 1.97. The third-order valence-corrected chi connectivity index (χ3v) is 2.45. The van der Waals surface area contributed by atoms with E-state index < -0.39 is 0 Å². The smallest absolute Gasteiger partial charge is 0.200 e. The third-order valence-electron chi connectivity index (χ3n) is 2.22. The molecule has 1 heterocycles. The fraction of sp³-hybridized carbons (Fsp3) is 0.182. The lowest BCUT2D eigenvalue weighted by Crippen LogP contribution is -1.89. The first-order chi connectivity index (χ1) is 7.20. The minimum atomic E-state index is 0.723. The number of aryl methyl sites for hydroxylation is 1. The second-order valence-electron chi connectivity index (χ2n) is 3.32. The van der Waals surface area contributed by atoms with Gasteiger partial charge in [-0.05, 0) is 19.1 Å². The SMILES string of the molecule is CNc1nc(-c2cccc(Cl)c2)c(C)[nH]1. The molecule has 2 N–H and O–H groups in total. The van der Waals surface area contributed by atoms with Crippen LogP contribution in [0.25, 0.3) is 11.3 Å². The first-order valence-corrected chi connectivity index (χ1v) is 5.09. The molecule has 78 valence electrons. The molecule has 0 saturated carbocycles. The Bertz CT molecular complexity index is 476. The number of hydrogen-bond donors (Lipinski definition) is 2. The van der Waals surface area contributed by atoms with Crippen molar-refractivity contribution >= 4 is 17.5 Å². The van der Waals surface area contributed by atoms with Crippen LogP contribution >= 0.6 is 11.6 Å². The molecule has 0 aliphatic heterocycles. The van der Waals surface area contributed by atoms with Crippen molar-refractivity contribution in [3.8, 4) is 11.3 Å². The molecule has 15 heavy (non-hydrogen) atoms. The quantitative estimate of drug-likeness (QED) is 0.818. The zero-order chi connectivity index (χ0) is 10.8. The fourth-order valence-corrected chi connectivity index (χ4v) is 1.69. The zero-order valence-corrected chi connectivity index (χ0v) is 9.39. The normalized spacial score (nSPS) is 10.3. The van der Waals surface area contributed by atoms with Gasteiger partial charge < -0.3 is 10.3 Å². The Hall–Kier alpha value is -1.48. The molecule has 0 radical (unpaired) electrons. The summed E-state index contributed by atoms with van der Waals surface area (Å²) in [5.74, 6) is 0.766. The predicted octanol–water partition coefficient (Wildman–Crippen LogP) is 3.08. The van der Waals surface area contributed by atoms with Gasteiger partial charge in [0.1, 0.15) is 0 Å². The Morgan fingerprint density at radius 1 is 1.40 bits per heavy atom. The second kappa shape index (κ2) is 3.95. The highest BCUT2D eigenvalue weighted by molar-refractivity contribution is 6.30. The van der Waals surface area contributed by atoms with Crippen LogP contribution < -0.4 is 5.32 Å². The summed E-state index contributed by atoms with van der Waals surface area (Å²) in [5, 5.41) is 3.70. The number of aromatic amines is 1. The van der Waals surface area contributed by atoms with E-state index in [-0.39, 0.29) is 0 Å². The molecule has 2 aromatic rings. The van der Waals surface area contributed by atoms with Crippen molar-refractivity contribution < 1.29 is 0 Å². The van der Waals surface area contributed by atoms with Gasteiger partial charge in [-0.15, -0.1) is 0 Å². The largest absolute Gasteiger partial charge is 0.359 e. The van der Waals surface area contributed by atoms with Gasteiger partial charge in [-0.3, -0.25) is 0 Å². The summed E-state index contributed by atoms with van der Waals surface area (Å²) in [6, 6.07) is 7.68. The molecule has 0 bridgehead atoms. The maximum atomic E-state index is 5.93. The molecular formula is C11H12ClN3. The van der Waals surface area contributed by atoms with E-state index in [4.69, 9.17) is 11.6 Å². The number of hydrogen-bond acceptors (Lipinski definition) is 2. The number of nitrogens with zero attached hydrogens (tertiary/aromatic N) is 1. The minimum Gasteiger partial charge on any atom is -0.359 e. The van der Waals surface area contributed by atoms with Gasteiger partial charge in [-0.2, -0.15) is 0 Å². The van der Waals surface area contributed by atoms with Gasteiger partial charge >= 0.3 is 0 Å². The van der Waals surface area contributed by atoms with Crippen molar-refractivity contribution in [3.05, 3.63) is 35.0 Å². The lowest BCUT2D eigenvalue weighted by Gasteiger charge is -1.98. The number of rotatable bonds is 2. The molecule has 0 aliphatic rings. The topological polar surface area (TPSA) is 40.7 Å². The van der Waals surface area contributed by atoms with Gasteiger partial charge in [0.2, 0.25) is 5.95 Å².